The fraction of sp³-hybridized carbons (Fsp3) is 0.385. The van der Waals surface area contributed by atoms with E-state index >= 15 is 0 Å². The highest BCUT2D eigenvalue weighted by Gasteiger charge is 2.30. The summed E-state index contributed by atoms with van der Waals surface area (Å²) in [6.45, 7) is 0. The molecule has 1 aromatic heterocycles. The first kappa shape index (κ1) is 13.5. The Balaban J connectivity index is 1.59. The van der Waals surface area contributed by atoms with Gasteiger partial charge in [-0.1, -0.05) is 23.9 Å². The highest BCUT2D eigenvalue weighted by molar-refractivity contribution is 7.98. The molecule has 1 heterocycles. The average Bonchev–Trinajstić information content (AvgIpc) is 3.15. The predicted octanol–water partition coefficient (Wildman–Crippen LogP) is 3.99. The number of nitrogens with zero attached hydrogens (tertiary/aromatic N) is 2. The summed E-state index contributed by atoms with van der Waals surface area (Å²) in [5.74, 6) is 1.99. The summed E-state index contributed by atoms with van der Waals surface area (Å²) in [7, 11) is 0. The second-order valence-electron chi connectivity index (χ2n) is 4.76. The van der Waals surface area contributed by atoms with Crippen LogP contribution in [0.5, 0.6) is 0 Å². The number of rotatable bonds is 4. The van der Waals surface area contributed by atoms with Gasteiger partial charge in [-0.15, -0.1) is 5.10 Å². The van der Waals surface area contributed by atoms with E-state index in [1.807, 2.05) is 0 Å². The van der Waals surface area contributed by atoms with Crippen LogP contribution in [-0.2, 0) is 11.9 Å². The van der Waals surface area contributed by atoms with Gasteiger partial charge in [0.25, 0.3) is 0 Å². The van der Waals surface area contributed by atoms with Crippen molar-refractivity contribution in [3.63, 3.8) is 0 Å². The minimum Gasteiger partial charge on any atom is -0.262 e. The summed E-state index contributed by atoms with van der Waals surface area (Å²) in [5, 5.41) is 7.64. The number of hydrogen-bond donors (Lipinski definition) is 1. The minimum atomic E-state index is -4.28. The third-order valence-electron chi connectivity index (χ3n) is 3.10. The fourth-order valence-electron chi connectivity index (χ4n) is 1.80. The maximum Gasteiger partial charge on any atom is 0.416 e. The van der Waals surface area contributed by atoms with E-state index < -0.39 is 11.7 Å². The lowest BCUT2D eigenvalue weighted by Gasteiger charge is -2.06. The Morgan fingerprint density at radius 2 is 1.90 bits per heavy atom. The lowest BCUT2D eigenvalue weighted by atomic mass is 10.1. The number of benzene rings is 1. The maximum absolute atomic E-state index is 12.4. The first-order valence-corrected chi connectivity index (χ1v) is 7.22. The summed E-state index contributed by atoms with van der Waals surface area (Å²) >= 11 is 1.42. The van der Waals surface area contributed by atoms with Gasteiger partial charge in [0, 0.05) is 11.7 Å². The Morgan fingerprint density at radius 3 is 2.50 bits per heavy atom. The molecule has 0 atom stereocenters. The number of hydrogen-bond acceptors (Lipinski definition) is 3. The number of alkyl halides is 3. The molecular weight excluding hydrogens is 287 g/mol. The molecule has 1 aromatic carbocycles. The molecule has 1 fully saturated rings. The minimum absolute atomic E-state index is 0.517. The van der Waals surface area contributed by atoms with E-state index in [9.17, 15) is 13.2 Å². The van der Waals surface area contributed by atoms with Gasteiger partial charge in [0.15, 0.2) is 0 Å². The maximum atomic E-state index is 12.4. The predicted molar refractivity (Wildman–Crippen MR) is 69.4 cm³/mol. The Morgan fingerprint density at radius 1 is 1.20 bits per heavy atom. The molecule has 2 aromatic rings. The van der Waals surface area contributed by atoms with Crippen molar-refractivity contribution in [1.82, 2.24) is 15.2 Å². The Labute approximate surface area is 118 Å². The topological polar surface area (TPSA) is 41.6 Å². The summed E-state index contributed by atoms with van der Waals surface area (Å²) in [4.78, 5) is 4.36. The van der Waals surface area contributed by atoms with Gasteiger partial charge in [0.05, 0.1) is 5.56 Å². The van der Waals surface area contributed by atoms with E-state index in [1.165, 1.54) is 23.9 Å². The normalized spacial score (nSPS) is 15.6. The number of halogens is 3. The largest absolute Gasteiger partial charge is 0.416 e. The van der Waals surface area contributed by atoms with Crippen LogP contribution < -0.4 is 0 Å². The molecular formula is C13H12F3N3S. The van der Waals surface area contributed by atoms with E-state index in [1.54, 1.807) is 0 Å². The molecule has 1 saturated carbocycles. The summed E-state index contributed by atoms with van der Waals surface area (Å²) in [6, 6.07) is 5.18. The van der Waals surface area contributed by atoms with E-state index in [0.717, 1.165) is 36.4 Å². The third-order valence-corrected chi connectivity index (χ3v) is 4.01. The zero-order chi connectivity index (χ0) is 14.2. The van der Waals surface area contributed by atoms with E-state index in [4.69, 9.17) is 0 Å². The van der Waals surface area contributed by atoms with Gasteiger partial charge in [-0.2, -0.15) is 13.2 Å². The van der Waals surface area contributed by atoms with Crippen molar-refractivity contribution in [3.8, 4) is 0 Å². The highest BCUT2D eigenvalue weighted by atomic mass is 32.2. The molecule has 1 N–H and O–H groups in total. The Bertz CT molecular complexity index is 588. The fourth-order valence-corrected chi connectivity index (χ4v) is 2.56. The van der Waals surface area contributed by atoms with E-state index in [0.29, 0.717) is 16.8 Å². The lowest BCUT2D eigenvalue weighted by molar-refractivity contribution is -0.137. The molecule has 0 unspecified atom stereocenters. The lowest BCUT2D eigenvalue weighted by Crippen LogP contribution is -2.04. The molecule has 7 heteroatoms. The molecule has 0 radical (unpaired) electrons. The van der Waals surface area contributed by atoms with Gasteiger partial charge in [0.1, 0.15) is 5.82 Å². The molecule has 3 rings (SSSR count). The van der Waals surface area contributed by atoms with Crippen LogP contribution in [0, 0.1) is 0 Å². The van der Waals surface area contributed by atoms with Gasteiger partial charge in [-0.3, -0.25) is 5.10 Å². The molecule has 0 amide bonds. The Hall–Kier alpha value is -1.50. The molecule has 20 heavy (non-hydrogen) atoms. The average molecular weight is 299 g/mol. The first-order chi connectivity index (χ1) is 9.52. The summed E-state index contributed by atoms with van der Waals surface area (Å²) in [6.07, 6.45) is -1.98. The van der Waals surface area contributed by atoms with Crippen molar-refractivity contribution in [2.75, 3.05) is 0 Å². The molecule has 3 nitrogen and oxygen atoms in total. The van der Waals surface area contributed by atoms with Crippen molar-refractivity contribution in [3.05, 3.63) is 41.2 Å². The van der Waals surface area contributed by atoms with Crippen molar-refractivity contribution in [1.29, 1.82) is 0 Å². The van der Waals surface area contributed by atoms with Gasteiger partial charge in [-0.05, 0) is 30.5 Å². The van der Waals surface area contributed by atoms with Crippen LogP contribution in [0.3, 0.4) is 0 Å². The quantitative estimate of drug-likeness (QED) is 0.868. The van der Waals surface area contributed by atoms with Crippen LogP contribution in [0.4, 0.5) is 13.2 Å². The smallest absolute Gasteiger partial charge is 0.262 e. The van der Waals surface area contributed by atoms with Crippen LogP contribution in [0.2, 0.25) is 0 Å². The summed E-state index contributed by atoms with van der Waals surface area (Å²) < 4.78 is 37.3. The van der Waals surface area contributed by atoms with Gasteiger partial charge >= 0.3 is 6.18 Å². The van der Waals surface area contributed by atoms with Crippen LogP contribution in [0.25, 0.3) is 0 Å². The monoisotopic (exact) mass is 299 g/mol. The molecule has 1 aliphatic carbocycles. The molecule has 0 spiro atoms. The Kier molecular flexibility index (Phi) is 3.45. The van der Waals surface area contributed by atoms with Gasteiger partial charge < -0.3 is 0 Å². The summed E-state index contributed by atoms with van der Waals surface area (Å²) in [5.41, 5.74) is 0.195. The first-order valence-electron chi connectivity index (χ1n) is 6.23. The zero-order valence-corrected chi connectivity index (χ0v) is 11.3. The van der Waals surface area contributed by atoms with Crippen LogP contribution in [-0.4, -0.2) is 15.2 Å². The SMILES string of the molecule is FC(F)(F)c1ccc(CSc2n[nH]c(C3CC3)n2)cc1. The standard InChI is InChI=1S/C13H12F3N3S/c14-13(15,16)10-5-1-8(2-6-10)7-20-12-17-11(18-19-12)9-3-4-9/h1-2,5-6,9H,3-4,7H2,(H,17,18,19). The van der Waals surface area contributed by atoms with Gasteiger partial charge in [0.2, 0.25) is 5.16 Å². The molecule has 106 valence electrons. The second kappa shape index (κ2) is 5.12. The highest BCUT2D eigenvalue weighted by Crippen LogP contribution is 2.38. The van der Waals surface area contributed by atoms with Crippen LogP contribution >= 0.6 is 11.8 Å². The van der Waals surface area contributed by atoms with Crippen molar-refractivity contribution >= 4 is 11.8 Å². The number of aromatic nitrogens is 3. The molecule has 1 aliphatic rings. The van der Waals surface area contributed by atoms with Crippen LogP contribution in [0.15, 0.2) is 29.4 Å². The third kappa shape index (κ3) is 3.15. The van der Waals surface area contributed by atoms with Crippen molar-refractivity contribution in [2.45, 2.75) is 35.8 Å². The molecule has 0 saturated heterocycles. The second-order valence-corrected chi connectivity index (χ2v) is 5.70. The number of aromatic amines is 1. The van der Waals surface area contributed by atoms with E-state index in [2.05, 4.69) is 15.2 Å². The van der Waals surface area contributed by atoms with Crippen molar-refractivity contribution < 1.29 is 13.2 Å². The van der Waals surface area contributed by atoms with E-state index in [-0.39, 0.29) is 0 Å². The van der Waals surface area contributed by atoms with Gasteiger partial charge in [-0.25, -0.2) is 4.98 Å². The van der Waals surface area contributed by atoms with Crippen LogP contribution in [0.1, 0.15) is 35.7 Å². The number of nitrogens with one attached hydrogen (secondary N) is 1. The zero-order valence-electron chi connectivity index (χ0n) is 10.4. The number of H-pyrrole nitrogens is 1. The molecule has 0 bridgehead atoms. The van der Waals surface area contributed by atoms with Crippen molar-refractivity contribution in [2.24, 2.45) is 0 Å². The molecule has 0 aliphatic heterocycles. The number of thioether (sulfide) groups is 1.